The Kier molecular flexibility index (Phi) is 11.7. The highest BCUT2D eigenvalue weighted by atomic mass is 32.1. The van der Waals surface area contributed by atoms with Crippen molar-refractivity contribution < 1.29 is 33.6 Å². The van der Waals surface area contributed by atoms with E-state index in [1.807, 2.05) is 6.92 Å². The topological polar surface area (TPSA) is 177 Å². The van der Waals surface area contributed by atoms with Gasteiger partial charge < -0.3 is 35.1 Å². The van der Waals surface area contributed by atoms with Crippen LogP contribution in [0.3, 0.4) is 0 Å². The summed E-state index contributed by atoms with van der Waals surface area (Å²) in [6.07, 6.45) is 1.75. The van der Waals surface area contributed by atoms with Gasteiger partial charge in [0, 0.05) is 23.2 Å². The summed E-state index contributed by atoms with van der Waals surface area (Å²) in [5.74, 6) is -0.345. The van der Waals surface area contributed by atoms with Crippen molar-refractivity contribution in [2.75, 3.05) is 25.0 Å². The number of rotatable bonds is 16. The van der Waals surface area contributed by atoms with Crippen LogP contribution in [-0.2, 0) is 28.9 Å². The summed E-state index contributed by atoms with van der Waals surface area (Å²) in [5, 5.41) is 43.0. The number of aromatic nitrogens is 4. The van der Waals surface area contributed by atoms with Gasteiger partial charge in [0.15, 0.2) is 28.6 Å². The van der Waals surface area contributed by atoms with Crippen molar-refractivity contribution >= 4 is 28.3 Å². The molecule has 0 saturated heterocycles. The molecule has 2 aromatic carbocycles. The summed E-state index contributed by atoms with van der Waals surface area (Å²) in [6, 6.07) is 7.10. The molecular formula is C30H34FN7O6S. The molecule has 13 nitrogen and oxygen atoms in total. The van der Waals surface area contributed by atoms with E-state index in [4.69, 9.17) is 19.6 Å². The Balaban J connectivity index is 1.61. The lowest BCUT2D eigenvalue weighted by molar-refractivity contribution is -0.115. The molecule has 45 heavy (non-hydrogen) atoms. The zero-order chi connectivity index (χ0) is 32.3. The lowest BCUT2D eigenvalue weighted by Gasteiger charge is -2.18. The third-order valence-corrected chi connectivity index (χ3v) is 6.91. The maximum Gasteiger partial charge on any atom is 0.241 e. The number of halogens is 1. The van der Waals surface area contributed by atoms with Crippen molar-refractivity contribution in [2.45, 2.75) is 39.5 Å². The zero-order valence-electron chi connectivity index (χ0n) is 24.7. The first-order valence-electron chi connectivity index (χ1n) is 14.0. The molecule has 0 unspecified atom stereocenters. The van der Waals surface area contributed by atoms with Gasteiger partial charge in [-0.25, -0.2) is 14.1 Å². The smallest absolute Gasteiger partial charge is 0.241 e. The molecule has 0 atom stereocenters. The molecule has 0 bridgehead atoms. The number of likely N-dealkylation sites (N-methyl/N-ethyl adjacent to an activating group) is 1. The summed E-state index contributed by atoms with van der Waals surface area (Å²) in [4.78, 5) is 17.0. The van der Waals surface area contributed by atoms with Gasteiger partial charge in [-0.15, -0.1) is 16.4 Å². The number of aliphatic hydroxyl groups is 2. The van der Waals surface area contributed by atoms with E-state index in [-0.39, 0.29) is 54.1 Å². The minimum absolute atomic E-state index is 0.0155. The first-order valence-corrected chi connectivity index (χ1v) is 14.8. The molecule has 5 N–H and O–H groups in total. The van der Waals surface area contributed by atoms with E-state index < -0.39 is 12.1 Å². The zero-order valence-corrected chi connectivity index (χ0v) is 25.6. The third-order valence-electron chi connectivity index (χ3n) is 6.22. The van der Waals surface area contributed by atoms with E-state index in [0.717, 1.165) is 18.2 Å². The molecule has 2 aromatic heterocycles. The maximum atomic E-state index is 14.6. The highest BCUT2D eigenvalue weighted by Gasteiger charge is 2.18. The van der Waals surface area contributed by atoms with Gasteiger partial charge in [0.25, 0.3) is 0 Å². The number of nitrogens with one attached hydrogen (secondary N) is 3. The molecule has 238 valence electrons. The van der Waals surface area contributed by atoms with Crippen molar-refractivity contribution in [3.05, 3.63) is 88.6 Å². The van der Waals surface area contributed by atoms with Crippen molar-refractivity contribution in [1.82, 2.24) is 25.3 Å². The molecule has 0 saturated carbocycles. The quantitative estimate of drug-likeness (QED) is 0.0397. The first-order chi connectivity index (χ1) is 21.6. The lowest BCUT2D eigenvalue weighted by atomic mass is 10.00. The molecule has 4 aromatic rings. The molecule has 0 aliphatic heterocycles. The van der Waals surface area contributed by atoms with Crippen LogP contribution in [0.4, 0.5) is 9.52 Å². The highest BCUT2D eigenvalue weighted by molar-refractivity contribution is 7.13. The Hall–Kier alpha value is -4.70. The average Bonchev–Trinajstić information content (AvgIpc) is 3.67. The predicted molar refractivity (Wildman–Crippen MR) is 165 cm³/mol. The summed E-state index contributed by atoms with van der Waals surface area (Å²) >= 11 is 1.30. The van der Waals surface area contributed by atoms with E-state index in [2.05, 4.69) is 32.5 Å². The second-order valence-corrected chi connectivity index (χ2v) is 10.6. The average molecular weight is 640 g/mol. The molecule has 15 heteroatoms. The Bertz CT molecular complexity index is 1630. The number of hydrogen-bond donors (Lipinski definition) is 5. The first kappa shape index (κ1) is 33.2. The molecular weight excluding hydrogens is 605 g/mol. The van der Waals surface area contributed by atoms with Gasteiger partial charge in [-0.3, -0.25) is 10.2 Å². The van der Waals surface area contributed by atoms with Crippen LogP contribution in [0.25, 0.3) is 0 Å². The number of amides is 1. The van der Waals surface area contributed by atoms with Crippen LogP contribution >= 0.6 is 11.3 Å². The van der Waals surface area contributed by atoms with Crippen LogP contribution in [0, 0.1) is 11.2 Å². The summed E-state index contributed by atoms with van der Waals surface area (Å²) < 4.78 is 33.4. The van der Waals surface area contributed by atoms with Gasteiger partial charge in [-0.1, -0.05) is 18.7 Å². The fraction of sp³-hybridized carbons (Fsp3) is 0.300. The molecule has 0 aliphatic carbocycles. The number of hydrogen-bond acceptors (Lipinski definition) is 12. The molecule has 4 rings (SSSR count). The number of allylic oxidation sites excluding steroid dienone is 1. The van der Waals surface area contributed by atoms with Crippen LogP contribution in [0.15, 0.2) is 60.4 Å². The van der Waals surface area contributed by atoms with Gasteiger partial charge in [0.1, 0.15) is 18.2 Å². The molecule has 1 amide bonds. The van der Waals surface area contributed by atoms with Gasteiger partial charge >= 0.3 is 0 Å². The van der Waals surface area contributed by atoms with Crippen molar-refractivity contribution in [2.24, 2.45) is 0 Å². The molecule has 2 heterocycles. The summed E-state index contributed by atoms with van der Waals surface area (Å²) in [7, 11) is 0. The minimum atomic E-state index is -1.98. The number of anilines is 1. The summed E-state index contributed by atoms with van der Waals surface area (Å²) in [6.45, 7) is 9.02. The largest absolute Gasteiger partial charge is 0.488 e. The van der Waals surface area contributed by atoms with Crippen LogP contribution in [0.2, 0.25) is 0 Å². The van der Waals surface area contributed by atoms with Gasteiger partial charge in [0.2, 0.25) is 11.8 Å². The van der Waals surface area contributed by atoms with Crippen LogP contribution in [0.5, 0.6) is 17.2 Å². The molecule has 0 spiro atoms. The van der Waals surface area contributed by atoms with E-state index >= 15 is 0 Å². The number of aliphatic hydroxyl groups excluding tert-OH is 1. The number of nitrogens with zero attached hydrogens (tertiary/aromatic N) is 4. The second-order valence-electron chi connectivity index (χ2n) is 9.74. The Morgan fingerprint density at radius 1 is 1.22 bits per heavy atom. The predicted octanol–water partition coefficient (Wildman–Crippen LogP) is 3.94. The molecule has 0 fully saturated rings. The monoisotopic (exact) mass is 639 g/mol. The molecule has 0 aliphatic rings. The normalized spacial score (nSPS) is 11.0. The third kappa shape index (κ3) is 9.64. The standard InChI is InChI=1S/C30H34FN7O6S/c1-4-33-8-7-19-13-25(42-11-10-38-17-24(36-37-38)28(32)43-18(2)3)26(44-21-5-6-22(29(40)41)23(31)16-21)14-20(19)15-27(39)35-30-34-9-12-45-30/h5-6,9,12-14,16-17,29,32-33,40-41H,2,4,7-8,10-11,15H2,1,3H3,(H,34,35,39). The fourth-order valence-electron chi connectivity index (χ4n) is 4.15. The van der Waals surface area contributed by atoms with Crippen molar-refractivity contribution in [3.63, 3.8) is 0 Å². The number of thiazole rings is 1. The van der Waals surface area contributed by atoms with Crippen LogP contribution < -0.4 is 20.1 Å². The molecule has 0 radical (unpaired) electrons. The van der Waals surface area contributed by atoms with Gasteiger partial charge in [-0.2, -0.15) is 0 Å². The van der Waals surface area contributed by atoms with E-state index in [9.17, 15) is 19.4 Å². The number of benzene rings is 2. The number of carbonyl (C=O) groups excluding carboxylic acids is 1. The van der Waals surface area contributed by atoms with E-state index in [1.54, 1.807) is 30.6 Å². The van der Waals surface area contributed by atoms with Gasteiger partial charge in [0.05, 0.1) is 24.9 Å². The SMILES string of the molecule is C=C(C)OC(=N)c1cn(CCOc2cc(CCNCC)c(CC(=O)Nc3nccs3)cc2Oc2ccc(C(O)O)c(F)c2)nn1. The number of carbonyl (C=O) groups is 1. The second kappa shape index (κ2) is 15.9. The summed E-state index contributed by atoms with van der Waals surface area (Å²) in [5.41, 5.74) is 1.44. The Morgan fingerprint density at radius 3 is 2.71 bits per heavy atom. The van der Waals surface area contributed by atoms with Crippen molar-refractivity contribution in [3.8, 4) is 17.2 Å². The van der Waals surface area contributed by atoms with E-state index in [1.165, 1.54) is 34.3 Å². The Morgan fingerprint density at radius 2 is 2.02 bits per heavy atom. The van der Waals surface area contributed by atoms with Crippen LogP contribution in [-0.4, -0.2) is 61.7 Å². The maximum absolute atomic E-state index is 14.6. The number of ether oxygens (including phenoxy) is 3. The minimum Gasteiger partial charge on any atom is -0.488 e. The Labute approximate surface area is 262 Å². The lowest BCUT2D eigenvalue weighted by Crippen LogP contribution is -2.19. The van der Waals surface area contributed by atoms with Crippen molar-refractivity contribution in [1.29, 1.82) is 5.41 Å². The fourth-order valence-corrected chi connectivity index (χ4v) is 4.70. The van der Waals surface area contributed by atoms with Crippen LogP contribution in [0.1, 0.15) is 42.5 Å². The van der Waals surface area contributed by atoms with E-state index in [0.29, 0.717) is 35.2 Å². The highest BCUT2D eigenvalue weighted by Crippen LogP contribution is 2.36. The van der Waals surface area contributed by atoms with Gasteiger partial charge in [-0.05, 0) is 61.8 Å².